The van der Waals surface area contributed by atoms with Crippen molar-refractivity contribution in [2.24, 2.45) is 5.92 Å². The number of anilines is 2. The molecule has 5 rings (SSSR count). The van der Waals surface area contributed by atoms with Crippen molar-refractivity contribution in [2.45, 2.75) is 38.5 Å². The van der Waals surface area contributed by atoms with E-state index in [1.165, 1.54) is 37.0 Å². The number of hydrogen-bond acceptors (Lipinski definition) is 5. The molecular weight excluding hydrogens is 432 g/mol. The largest absolute Gasteiger partial charge is 0.507 e. The van der Waals surface area contributed by atoms with Gasteiger partial charge in [0.2, 0.25) is 0 Å². The monoisotopic (exact) mass is 462 g/mol. The first-order valence-corrected chi connectivity index (χ1v) is 12.0. The normalized spacial score (nSPS) is 17.3. The number of phenols is 1. The van der Waals surface area contributed by atoms with E-state index in [0.717, 1.165) is 28.7 Å². The fourth-order valence-corrected chi connectivity index (χ4v) is 5.04. The summed E-state index contributed by atoms with van der Waals surface area (Å²) >= 11 is 0. The summed E-state index contributed by atoms with van der Waals surface area (Å²) < 4.78 is 5.19. The fourth-order valence-electron chi connectivity index (χ4n) is 5.04. The predicted molar refractivity (Wildman–Crippen MR) is 130 cm³/mol. The van der Waals surface area contributed by atoms with E-state index in [2.05, 4.69) is 10.2 Å². The van der Waals surface area contributed by atoms with Crippen LogP contribution in [0.3, 0.4) is 0 Å². The molecule has 2 aromatic carbocycles. The van der Waals surface area contributed by atoms with Crippen molar-refractivity contribution in [3.63, 3.8) is 0 Å². The van der Waals surface area contributed by atoms with Gasteiger partial charge in [0.05, 0.1) is 23.4 Å². The average molecular weight is 463 g/mol. The second-order valence-electron chi connectivity index (χ2n) is 9.27. The lowest BCUT2D eigenvalue weighted by molar-refractivity contribution is -0.125. The molecule has 2 heterocycles. The minimum absolute atomic E-state index is 0.0762. The number of amides is 2. The predicted octanol–water partition coefficient (Wildman–Crippen LogP) is 4.03. The Kier molecular flexibility index (Phi) is 6.24. The molecule has 34 heavy (non-hydrogen) atoms. The van der Waals surface area contributed by atoms with Crippen molar-refractivity contribution >= 4 is 34.1 Å². The number of carbonyl (C=O) groups is 2. The smallest absolute Gasteiger partial charge is 0.261 e. The van der Waals surface area contributed by atoms with Gasteiger partial charge >= 0.3 is 0 Å². The molecule has 8 nitrogen and oxygen atoms in total. The Morgan fingerprint density at radius 2 is 1.97 bits per heavy atom. The SMILES string of the molecule is CN(C(=O)c1cc2c(CC3CCCCC3)n[nH]c2cc1O)c1ccc(N2CCOCC2=O)cc1. The van der Waals surface area contributed by atoms with Crippen molar-refractivity contribution in [2.75, 3.05) is 36.6 Å². The van der Waals surface area contributed by atoms with Crippen LogP contribution in [0, 0.1) is 5.92 Å². The number of nitrogens with zero attached hydrogens (tertiary/aromatic N) is 3. The van der Waals surface area contributed by atoms with Crippen LogP contribution in [-0.2, 0) is 16.0 Å². The molecule has 0 radical (unpaired) electrons. The van der Waals surface area contributed by atoms with Gasteiger partial charge in [-0.05, 0) is 42.7 Å². The number of phenolic OH excluding ortho intramolecular Hbond substituents is 1. The minimum Gasteiger partial charge on any atom is -0.507 e. The lowest BCUT2D eigenvalue weighted by atomic mass is 9.85. The van der Waals surface area contributed by atoms with Crippen molar-refractivity contribution in [1.29, 1.82) is 0 Å². The third-order valence-electron chi connectivity index (χ3n) is 7.03. The number of benzene rings is 2. The molecule has 1 aliphatic heterocycles. The van der Waals surface area contributed by atoms with E-state index < -0.39 is 0 Å². The van der Waals surface area contributed by atoms with Gasteiger partial charge in [0.15, 0.2) is 0 Å². The van der Waals surface area contributed by atoms with Gasteiger partial charge in [0.1, 0.15) is 12.4 Å². The number of H-pyrrole nitrogens is 1. The van der Waals surface area contributed by atoms with Gasteiger partial charge in [-0.25, -0.2) is 0 Å². The molecule has 2 fully saturated rings. The van der Waals surface area contributed by atoms with Gasteiger partial charge in [-0.2, -0.15) is 5.10 Å². The number of ether oxygens (including phenoxy) is 1. The Morgan fingerprint density at radius 3 is 2.71 bits per heavy atom. The summed E-state index contributed by atoms with van der Waals surface area (Å²) in [6, 6.07) is 10.6. The fraction of sp³-hybridized carbons (Fsp3) is 0.423. The van der Waals surface area contributed by atoms with Crippen molar-refractivity contribution in [3.8, 4) is 5.75 Å². The second kappa shape index (κ2) is 9.46. The summed E-state index contributed by atoms with van der Waals surface area (Å²) in [5, 5.41) is 19.0. The zero-order valence-corrected chi connectivity index (χ0v) is 19.4. The number of nitrogens with one attached hydrogen (secondary N) is 1. The van der Waals surface area contributed by atoms with Gasteiger partial charge in [-0.1, -0.05) is 32.1 Å². The maximum Gasteiger partial charge on any atom is 0.261 e. The topological polar surface area (TPSA) is 98.8 Å². The molecule has 0 unspecified atom stereocenters. The van der Waals surface area contributed by atoms with Gasteiger partial charge in [0.25, 0.3) is 11.8 Å². The molecule has 2 N–H and O–H groups in total. The van der Waals surface area contributed by atoms with E-state index in [-0.39, 0.29) is 29.7 Å². The molecule has 0 bridgehead atoms. The van der Waals surface area contributed by atoms with Gasteiger partial charge < -0.3 is 19.6 Å². The van der Waals surface area contributed by atoms with Gasteiger partial charge in [-0.3, -0.25) is 14.7 Å². The first-order chi connectivity index (χ1) is 16.5. The highest BCUT2D eigenvalue weighted by Crippen LogP contribution is 2.32. The maximum atomic E-state index is 13.3. The third-order valence-corrected chi connectivity index (χ3v) is 7.03. The molecule has 2 amide bonds. The van der Waals surface area contributed by atoms with Crippen LogP contribution in [-0.4, -0.2) is 53.9 Å². The number of morpholine rings is 1. The Hall–Kier alpha value is -3.39. The molecule has 0 spiro atoms. The highest BCUT2D eigenvalue weighted by atomic mass is 16.5. The Labute approximate surface area is 198 Å². The number of aromatic nitrogens is 2. The Balaban J connectivity index is 1.37. The van der Waals surface area contributed by atoms with Crippen LogP contribution >= 0.6 is 0 Å². The molecule has 3 aromatic rings. The zero-order chi connectivity index (χ0) is 23.7. The van der Waals surface area contributed by atoms with E-state index in [0.29, 0.717) is 24.8 Å². The quantitative estimate of drug-likeness (QED) is 0.597. The summed E-state index contributed by atoms with van der Waals surface area (Å²) in [5.41, 5.74) is 3.38. The summed E-state index contributed by atoms with van der Waals surface area (Å²) in [6.07, 6.45) is 7.15. The van der Waals surface area contributed by atoms with Crippen molar-refractivity contribution in [3.05, 3.63) is 47.7 Å². The van der Waals surface area contributed by atoms with Crippen LogP contribution in [0.25, 0.3) is 10.9 Å². The highest BCUT2D eigenvalue weighted by molar-refractivity contribution is 6.09. The van der Waals surface area contributed by atoms with Crippen LogP contribution in [0.1, 0.15) is 48.2 Å². The Morgan fingerprint density at radius 1 is 1.21 bits per heavy atom. The van der Waals surface area contributed by atoms with E-state index in [4.69, 9.17) is 4.74 Å². The first kappa shape index (κ1) is 22.4. The van der Waals surface area contributed by atoms with Gasteiger partial charge in [0, 0.05) is 36.4 Å². The van der Waals surface area contributed by atoms with E-state index in [1.54, 1.807) is 36.2 Å². The zero-order valence-electron chi connectivity index (χ0n) is 19.4. The molecule has 178 valence electrons. The first-order valence-electron chi connectivity index (χ1n) is 12.0. The van der Waals surface area contributed by atoms with E-state index >= 15 is 0 Å². The number of rotatable bonds is 5. The molecule has 0 atom stereocenters. The van der Waals surface area contributed by atoms with E-state index in [1.807, 2.05) is 12.1 Å². The summed E-state index contributed by atoms with van der Waals surface area (Å²) in [6.45, 7) is 1.09. The standard InChI is InChI=1S/C26H30N4O4/c1-29(18-7-9-19(10-8-18)30-11-12-34-16-25(30)32)26(33)21-14-20-22(13-17-5-3-2-4-6-17)27-28-23(20)15-24(21)31/h7-10,14-15,17,31H,2-6,11-13,16H2,1H3,(H,27,28). The summed E-state index contributed by atoms with van der Waals surface area (Å²) in [4.78, 5) is 28.6. The van der Waals surface area contributed by atoms with Crippen LogP contribution in [0.4, 0.5) is 11.4 Å². The van der Waals surface area contributed by atoms with Crippen LogP contribution in [0.15, 0.2) is 36.4 Å². The van der Waals surface area contributed by atoms with Crippen LogP contribution < -0.4 is 9.80 Å². The lowest BCUT2D eigenvalue weighted by Gasteiger charge is -2.27. The summed E-state index contributed by atoms with van der Waals surface area (Å²) in [7, 11) is 1.68. The summed E-state index contributed by atoms with van der Waals surface area (Å²) in [5.74, 6) is 0.158. The van der Waals surface area contributed by atoms with Crippen LogP contribution in [0.2, 0.25) is 0 Å². The minimum atomic E-state index is -0.306. The van der Waals surface area contributed by atoms with E-state index in [9.17, 15) is 14.7 Å². The highest BCUT2D eigenvalue weighted by Gasteiger charge is 2.23. The molecular formula is C26H30N4O4. The molecule has 1 aromatic heterocycles. The molecule has 1 saturated carbocycles. The average Bonchev–Trinajstić information content (AvgIpc) is 3.25. The van der Waals surface area contributed by atoms with Crippen molar-refractivity contribution in [1.82, 2.24) is 10.2 Å². The molecule has 8 heteroatoms. The molecule has 1 saturated heterocycles. The number of aromatic amines is 1. The number of fused-ring (bicyclic) bond motifs is 1. The second-order valence-corrected chi connectivity index (χ2v) is 9.27. The number of hydrogen-bond donors (Lipinski definition) is 2. The van der Waals surface area contributed by atoms with Crippen LogP contribution in [0.5, 0.6) is 5.75 Å². The third kappa shape index (κ3) is 4.37. The lowest BCUT2D eigenvalue weighted by Crippen LogP contribution is -2.41. The molecule has 1 aliphatic carbocycles. The number of aromatic hydroxyl groups is 1. The maximum absolute atomic E-state index is 13.3. The number of carbonyl (C=O) groups excluding carboxylic acids is 2. The Bertz CT molecular complexity index is 1200. The molecule has 2 aliphatic rings. The van der Waals surface area contributed by atoms with Crippen molar-refractivity contribution < 1.29 is 19.4 Å². The van der Waals surface area contributed by atoms with Gasteiger partial charge in [-0.15, -0.1) is 0 Å².